The van der Waals surface area contributed by atoms with Crippen LogP contribution < -0.4 is 4.90 Å². The van der Waals surface area contributed by atoms with E-state index in [1.165, 1.54) is 0 Å². The van der Waals surface area contributed by atoms with E-state index >= 15 is 0 Å². The molecule has 1 aromatic carbocycles. The van der Waals surface area contributed by atoms with Gasteiger partial charge < -0.3 is 4.90 Å². The number of fused-ring (bicyclic) bond motifs is 1. The lowest BCUT2D eigenvalue weighted by Gasteiger charge is -2.17. The summed E-state index contributed by atoms with van der Waals surface area (Å²) in [5.74, 6) is 0.0235. The highest BCUT2D eigenvalue weighted by atomic mass is 79.9. The van der Waals surface area contributed by atoms with Crippen LogP contribution in [-0.2, 0) is 4.79 Å². The van der Waals surface area contributed by atoms with Crippen LogP contribution in [0.2, 0.25) is 0 Å². The fourth-order valence-corrected chi connectivity index (χ4v) is 1.96. The van der Waals surface area contributed by atoms with E-state index in [0.29, 0.717) is 0 Å². The highest BCUT2D eigenvalue weighted by Gasteiger charge is 2.19. The van der Waals surface area contributed by atoms with E-state index in [1.54, 1.807) is 11.9 Å². The quantitative estimate of drug-likeness (QED) is 0.709. The summed E-state index contributed by atoms with van der Waals surface area (Å²) in [6.07, 6.45) is 0. The van der Waals surface area contributed by atoms with Crippen LogP contribution in [0.4, 0.5) is 5.69 Å². The maximum absolute atomic E-state index is 11.6. The third-order valence-corrected chi connectivity index (χ3v) is 3.03. The Balaban J connectivity index is 2.63. The summed E-state index contributed by atoms with van der Waals surface area (Å²) in [7, 11) is 1.78. The van der Waals surface area contributed by atoms with Crippen molar-refractivity contribution in [2.45, 2.75) is 6.92 Å². The van der Waals surface area contributed by atoms with Crippen LogP contribution in [0.5, 0.6) is 0 Å². The fraction of sp³-hybridized carbons (Fsp3) is 0.273. The summed E-state index contributed by atoms with van der Waals surface area (Å²) in [5.41, 5.74) is 2.84. The van der Waals surface area contributed by atoms with E-state index in [9.17, 15) is 4.79 Å². The average Bonchev–Trinajstić information content (AvgIpc) is 2.32. The van der Waals surface area contributed by atoms with Gasteiger partial charge >= 0.3 is 0 Å². The van der Waals surface area contributed by atoms with Gasteiger partial charge in [-0.1, -0.05) is 15.9 Å². The molecule has 1 amide bonds. The summed E-state index contributed by atoms with van der Waals surface area (Å²) in [6, 6.07) is 5.85. The number of nitrogens with zero attached hydrogens (tertiary/aromatic N) is 2. The summed E-state index contributed by atoms with van der Waals surface area (Å²) >= 11 is 3.42. The second kappa shape index (κ2) is 3.77. The van der Waals surface area contributed by atoms with Crippen LogP contribution >= 0.6 is 15.9 Å². The lowest BCUT2D eigenvalue weighted by atomic mass is 10.1. The number of likely N-dealkylation sites (N-methyl/N-ethyl adjacent to an activating group) is 1. The van der Waals surface area contributed by atoms with Gasteiger partial charge in [0.2, 0.25) is 5.91 Å². The number of benzodiazepines with no additional fused rings is 1. The van der Waals surface area contributed by atoms with Gasteiger partial charge in [0.15, 0.2) is 0 Å². The molecule has 1 aliphatic rings. The molecular formula is C11H11BrN2O. The Hall–Kier alpha value is -1.16. The van der Waals surface area contributed by atoms with Crippen molar-refractivity contribution in [2.24, 2.45) is 4.99 Å². The van der Waals surface area contributed by atoms with Crippen molar-refractivity contribution in [3.8, 4) is 0 Å². The summed E-state index contributed by atoms with van der Waals surface area (Å²) < 4.78 is 0.999. The van der Waals surface area contributed by atoms with Crippen LogP contribution in [0, 0.1) is 0 Å². The molecule has 0 saturated heterocycles. The molecular weight excluding hydrogens is 256 g/mol. The van der Waals surface area contributed by atoms with Gasteiger partial charge in [-0.15, -0.1) is 0 Å². The van der Waals surface area contributed by atoms with Gasteiger partial charge in [0, 0.05) is 22.8 Å². The normalized spacial score (nSPS) is 15.8. The summed E-state index contributed by atoms with van der Waals surface area (Å²) in [6.45, 7) is 2.16. The average molecular weight is 267 g/mol. The van der Waals surface area contributed by atoms with Crippen molar-refractivity contribution in [1.29, 1.82) is 0 Å². The first-order valence-electron chi connectivity index (χ1n) is 4.67. The molecule has 0 aliphatic carbocycles. The van der Waals surface area contributed by atoms with E-state index in [4.69, 9.17) is 0 Å². The van der Waals surface area contributed by atoms with E-state index in [-0.39, 0.29) is 12.5 Å². The number of anilines is 1. The van der Waals surface area contributed by atoms with Crippen LogP contribution in [0.25, 0.3) is 0 Å². The van der Waals surface area contributed by atoms with Crippen molar-refractivity contribution in [3.05, 3.63) is 28.2 Å². The van der Waals surface area contributed by atoms with Gasteiger partial charge in [0.05, 0.1) is 5.69 Å². The molecule has 1 aliphatic heterocycles. The monoisotopic (exact) mass is 266 g/mol. The zero-order valence-corrected chi connectivity index (χ0v) is 10.2. The molecule has 4 heteroatoms. The Morgan fingerprint density at radius 3 is 2.93 bits per heavy atom. The van der Waals surface area contributed by atoms with E-state index in [2.05, 4.69) is 20.9 Å². The Morgan fingerprint density at radius 2 is 2.20 bits per heavy atom. The molecule has 0 spiro atoms. The second-order valence-corrected chi connectivity index (χ2v) is 4.43. The lowest BCUT2D eigenvalue weighted by molar-refractivity contribution is -0.116. The predicted molar refractivity (Wildman–Crippen MR) is 64.6 cm³/mol. The van der Waals surface area contributed by atoms with Gasteiger partial charge in [-0.25, -0.2) is 0 Å². The minimum absolute atomic E-state index is 0.0235. The van der Waals surface area contributed by atoms with E-state index in [0.717, 1.165) is 21.4 Å². The number of amides is 1. The van der Waals surface area contributed by atoms with Crippen LogP contribution in [0.3, 0.4) is 0 Å². The van der Waals surface area contributed by atoms with Gasteiger partial charge in [0.1, 0.15) is 6.54 Å². The maximum Gasteiger partial charge on any atom is 0.248 e. The zero-order valence-electron chi connectivity index (χ0n) is 8.62. The molecule has 0 saturated carbocycles. The molecule has 0 bridgehead atoms. The highest BCUT2D eigenvalue weighted by Crippen LogP contribution is 2.26. The number of aliphatic imine (C=N–C) groups is 1. The Kier molecular flexibility index (Phi) is 2.61. The minimum atomic E-state index is 0.0235. The van der Waals surface area contributed by atoms with Crippen molar-refractivity contribution in [2.75, 3.05) is 18.5 Å². The third-order valence-electron chi connectivity index (χ3n) is 2.54. The molecule has 0 radical (unpaired) electrons. The van der Waals surface area contributed by atoms with Crippen LogP contribution in [0.15, 0.2) is 27.7 Å². The number of carbonyl (C=O) groups is 1. The van der Waals surface area contributed by atoms with Crippen molar-refractivity contribution in [1.82, 2.24) is 0 Å². The molecule has 15 heavy (non-hydrogen) atoms. The first-order valence-corrected chi connectivity index (χ1v) is 5.46. The SMILES string of the molecule is CC1=NCC(=O)N(C)c2ccc(Br)cc21. The van der Waals surface area contributed by atoms with Crippen molar-refractivity contribution in [3.63, 3.8) is 0 Å². The highest BCUT2D eigenvalue weighted by molar-refractivity contribution is 9.10. The molecule has 1 aromatic rings. The number of rotatable bonds is 0. The molecule has 0 N–H and O–H groups in total. The van der Waals surface area contributed by atoms with Gasteiger partial charge in [-0.05, 0) is 25.1 Å². The number of carbonyl (C=O) groups excluding carboxylic acids is 1. The zero-order chi connectivity index (χ0) is 11.0. The molecule has 0 fully saturated rings. The summed E-state index contributed by atoms with van der Waals surface area (Å²) in [4.78, 5) is 17.5. The molecule has 2 rings (SSSR count). The molecule has 3 nitrogen and oxygen atoms in total. The number of benzene rings is 1. The molecule has 1 heterocycles. The molecule has 0 unspecified atom stereocenters. The van der Waals surface area contributed by atoms with Gasteiger partial charge in [-0.2, -0.15) is 0 Å². The van der Waals surface area contributed by atoms with Crippen LogP contribution in [0.1, 0.15) is 12.5 Å². The first kappa shape index (κ1) is 10.4. The predicted octanol–water partition coefficient (Wildman–Crippen LogP) is 2.23. The number of halogens is 1. The first-order chi connectivity index (χ1) is 7.09. The number of hydrogen-bond acceptors (Lipinski definition) is 2. The molecule has 78 valence electrons. The topological polar surface area (TPSA) is 32.7 Å². The molecule has 0 aromatic heterocycles. The van der Waals surface area contributed by atoms with Crippen LogP contribution in [-0.4, -0.2) is 25.2 Å². The van der Waals surface area contributed by atoms with Gasteiger partial charge in [-0.3, -0.25) is 9.79 Å². The van der Waals surface area contributed by atoms with E-state index in [1.807, 2.05) is 25.1 Å². The second-order valence-electron chi connectivity index (χ2n) is 3.52. The van der Waals surface area contributed by atoms with Crippen molar-refractivity contribution < 1.29 is 4.79 Å². The third kappa shape index (κ3) is 1.81. The Labute approximate surface area is 96.9 Å². The standard InChI is InChI=1S/C11H11BrN2O/c1-7-9-5-8(12)3-4-10(9)14(2)11(15)6-13-7/h3-5H,6H2,1-2H3. The lowest BCUT2D eigenvalue weighted by Crippen LogP contribution is -2.27. The number of hydrogen-bond donors (Lipinski definition) is 0. The summed E-state index contributed by atoms with van der Waals surface area (Å²) in [5, 5.41) is 0. The fourth-order valence-electron chi connectivity index (χ4n) is 1.60. The Bertz CT molecular complexity index is 454. The van der Waals surface area contributed by atoms with Crippen molar-refractivity contribution >= 4 is 33.2 Å². The van der Waals surface area contributed by atoms with E-state index < -0.39 is 0 Å². The van der Waals surface area contributed by atoms with Gasteiger partial charge in [0.25, 0.3) is 0 Å². The minimum Gasteiger partial charge on any atom is -0.313 e. The Morgan fingerprint density at radius 1 is 1.47 bits per heavy atom. The molecule has 0 atom stereocenters. The largest absolute Gasteiger partial charge is 0.313 e. The maximum atomic E-state index is 11.6. The smallest absolute Gasteiger partial charge is 0.248 e.